The summed E-state index contributed by atoms with van der Waals surface area (Å²) in [5.74, 6) is 0. The maximum Gasteiger partial charge on any atom is 0.0436 e. The second-order valence-corrected chi connectivity index (χ2v) is 5.78. The maximum atomic E-state index is 8.92. The molecule has 0 radical (unpaired) electrons. The van der Waals surface area contributed by atoms with Crippen molar-refractivity contribution < 1.29 is 5.11 Å². The van der Waals surface area contributed by atoms with Crippen molar-refractivity contribution >= 4 is 15.9 Å². The van der Waals surface area contributed by atoms with Crippen LogP contribution in [0.15, 0.2) is 28.7 Å². The van der Waals surface area contributed by atoms with Crippen molar-refractivity contribution in [2.45, 2.75) is 26.8 Å². The number of aliphatic hydroxyl groups is 1. The molecule has 0 aromatic heterocycles. The topological polar surface area (TPSA) is 32.3 Å². The van der Waals surface area contributed by atoms with Crippen LogP contribution in [-0.2, 0) is 6.54 Å². The molecule has 0 amide bonds. The van der Waals surface area contributed by atoms with Gasteiger partial charge >= 0.3 is 0 Å². The number of aliphatic hydroxyl groups excluding tert-OH is 1. The predicted molar refractivity (Wildman–Crippen MR) is 71.3 cm³/mol. The van der Waals surface area contributed by atoms with E-state index in [0.717, 1.165) is 24.0 Å². The van der Waals surface area contributed by atoms with Crippen LogP contribution in [0.25, 0.3) is 0 Å². The number of rotatable bonds is 6. The summed E-state index contributed by atoms with van der Waals surface area (Å²) < 4.78 is 1.11. The summed E-state index contributed by atoms with van der Waals surface area (Å²) in [6.07, 6.45) is 0.834. The number of hydrogen-bond donors (Lipinski definition) is 2. The zero-order valence-electron chi connectivity index (χ0n) is 9.96. The van der Waals surface area contributed by atoms with Gasteiger partial charge in [0.1, 0.15) is 0 Å². The Morgan fingerprint density at radius 2 is 1.88 bits per heavy atom. The number of nitrogens with one attached hydrogen (secondary N) is 1. The molecule has 2 N–H and O–H groups in total. The van der Waals surface area contributed by atoms with Gasteiger partial charge in [0, 0.05) is 24.2 Å². The molecule has 0 aliphatic heterocycles. The van der Waals surface area contributed by atoms with Gasteiger partial charge in [-0.25, -0.2) is 0 Å². The largest absolute Gasteiger partial charge is 0.396 e. The van der Waals surface area contributed by atoms with E-state index in [4.69, 9.17) is 5.11 Å². The normalized spacial score (nSPS) is 11.8. The molecular formula is C13H20BrNO. The van der Waals surface area contributed by atoms with Gasteiger partial charge in [0.15, 0.2) is 0 Å². The van der Waals surface area contributed by atoms with Crippen molar-refractivity contribution in [2.75, 3.05) is 13.2 Å². The Hall–Kier alpha value is -0.380. The van der Waals surface area contributed by atoms with Crippen molar-refractivity contribution in [1.29, 1.82) is 0 Å². The first-order valence-electron chi connectivity index (χ1n) is 5.59. The molecule has 0 saturated heterocycles. The molecular weight excluding hydrogens is 266 g/mol. The molecule has 1 rings (SSSR count). The smallest absolute Gasteiger partial charge is 0.0436 e. The van der Waals surface area contributed by atoms with Crippen LogP contribution < -0.4 is 5.32 Å². The van der Waals surface area contributed by atoms with Gasteiger partial charge in [-0.1, -0.05) is 41.9 Å². The lowest BCUT2D eigenvalue weighted by atomic mass is 9.90. The summed E-state index contributed by atoms with van der Waals surface area (Å²) in [6.45, 7) is 6.38. The first-order chi connectivity index (χ1) is 7.53. The molecule has 3 heteroatoms. The van der Waals surface area contributed by atoms with Gasteiger partial charge in [-0.2, -0.15) is 0 Å². The fourth-order valence-corrected chi connectivity index (χ4v) is 1.80. The molecule has 0 bridgehead atoms. The molecule has 0 unspecified atom stereocenters. The third kappa shape index (κ3) is 5.10. The molecule has 0 saturated carbocycles. The average molecular weight is 286 g/mol. The van der Waals surface area contributed by atoms with Gasteiger partial charge < -0.3 is 10.4 Å². The van der Waals surface area contributed by atoms with Crippen LogP contribution in [-0.4, -0.2) is 18.3 Å². The Balaban J connectivity index is 2.32. The second kappa shape index (κ2) is 6.38. The van der Waals surface area contributed by atoms with E-state index in [1.807, 2.05) is 0 Å². The molecule has 0 atom stereocenters. The van der Waals surface area contributed by atoms with E-state index in [2.05, 4.69) is 59.4 Å². The van der Waals surface area contributed by atoms with Crippen LogP contribution in [0.4, 0.5) is 0 Å². The minimum atomic E-state index is 0.157. The summed E-state index contributed by atoms with van der Waals surface area (Å²) in [6, 6.07) is 8.32. The molecule has 2 nitrogen and oxygen atoms in total. The molecule has 1 aromatic carbocycles. The summed E-state index contributed by atoms with van der Waals surface area (Å²) in [4.78, 5) is 0. The quantitative estimate of drug-likeness (QED) is 0.842. The van der Waals surface area contributed by atoms with E-state index in [9.17, 15) is 0 Å². The number of benzene rings is 1. The minimum absolute atomic E-state index is 0.157. The van der Waals surface area contributed by atoms with Crippen LogP contribution in [0.2, 0.25) is 0 Å². The predicted octanol–water partition coefficient (Wildman–Crippen LogP) is 2.95. The van der Waals surface area contributed by atoms with Gasteiger partial charge in [-0.15, -0.1) is 0 Å². The highest BCUT2D eigenvalue weighted by atomic mass is 79.9. The standard InChI is InChI=1S/C13H20BrNO/c1-13(2,7-8-16)10-15-9-11-3-5-12(14)6-4-11/h3-6,15-16H,7-10H2,1-2H3. The Morgan fingerprint density at radius 1 is 1.25 bits per heavy atom. The molecule has 0 heterocycles. The van der Waals surface area contributed by atoms with Crippen LogP contribution >= 0.6 is 15.9 Å². The van der Waals surface area contributed by atoms with Gasteiger partial charge in [0.05, 0.1) is 0 Å². The monoisotopic (exact) mass is 285 g/mol. The van der Waals surface area contributed by atoms with E-state index in [-0.39, 0.29) is 12.0 Å². The second-order valence-electron chi connectivity index (χ2n) is 4.87. The van der Waals surface area contributed by atoms with Crippen molar-refractivity contribution in [2.24, 2.45) is 5.41 Å². The van der Waals surface area contributed by atoms with Crippen molar-refractivity contribution in [1.82, 2.24) is 5.32 Å². The van der Waals surface area contributed by atoms with Crippen molar-refractivity contribution in [3.63, 3.8) is 0 Å². The SMILES string of the molecule is CC(C)(CCO)CNCc1ccc(Br)cc1. The van der Waals surface area contributed by atoms with Gasteiger partial charge in [0.2, 0.25) is 0 Å². The highest BCUT2D eigenvalue weighted by Gasteiger charge is 2.15. The molecule has 0 aliphatic rings. The molecule has 1 aromatic rings. The van der Waals surface area contributed by atoms with Crippen molar-refractivity contribution in [3.8, 4) is 0 Å². The Kier molecular flexibility index (Phi) is 5.46. The average Bonchev–Trinajstić information content (AvgIpc) is 2.20. The van der Waals surface area contributed by atoms with E-state index >= 15 is 0 Å². The van der Waals surface area contributed by atoms with E-state index in [1.165, 1.54) is 5.56 Å². The van der Waals surface area contributed by atoms with Crippen LogP contribution in [0, 0.1) is 5.41 Å². The van der Waals surface area contributed by atoms with E-state index in [0.29, 0.717) is 0 Å². The maximum absolute atomic E-state index is 8.92. The Bertz CT molecular complexity index is 308. The third-order valence-corrected chi connectivity index (χ3v) is 3.16. The summed E-state index contributed by atoms with van der Waals surface area (Å²) >= 11 is 3.42. The Labute approximate surface area is 106 Å². The lowest BCUT2D eigenvalue weighted by molar-refractivity contribution is 0.207. The van der Waals surface area contributed by atoms with Crippen molar-refractivity contribution in [3.05, 3.63) is 34.3 Å². The number of halogens is 1. The van der Waals surface area contributed by atoms with E-state index < -0.39 is 0 Å². The number of hydrogen-bond acceptors (Lipinski definition) is 2. The third-order valence-electron chi connectivity index (χ3n) is 2.63. The minimum Gasteiger partial charge on any atom is -0.396 e. The van der Waals surface area contributed by atoms with Gasteiger partial charge in [-0.05, 0) is 29.5 Å². The fraction of sp³-hybridized carbons (Fsp3) is 0.538. The lowest BCUT2D eigenvalue weighted by Crippen LogP contribution is -2.29. The zero-order valence-corrected chi connectivity index (χ0v) is 11.5. The van der Waals surface area contributed by atoms with Gasteiger partial charge in [-0.3, -0.25) is 0 Å². The fourth-order valence-electron chi connectivity index (χ4n) is 1.54. The summed E-state index contributed by atoms with van der Waals surface area (Å²) in [5.41, 5.74) is 1.44. The first-order valence-corrected chi connectivity index (χ1v) is 6.39. The summed E-state index contributed by atoms with van der Waals surface area (Å²) in [7, 11) is 0. The molecule has 16 heavy (non-hydrogen) atoms. The molecule has 0 fully saturated rings. The first kappa shape index (κ1) is 13.7. The molecule has 0 spiro atoms. The van der Waals surface area contributed by atoms with Crippen LogP contribution in [0.3, 0.4) is 0 Å². The lowest BCUT2D eigenvalue weighted by Gasteiger charge is -2.24. The molecule has 0 aliphatic carbocycles. The summed E-state index contributed by atoms with van der Waals surface area (Å²) in [5, 5.41) is 12.3. The highest BCUT2D eigenvalue weighted by Crippen LogP contribution is 2.18. The Morgan fingerprint density at radius 3 is 2.44 bits per heavy atom. The highest BCUT2D eigenvalue weighted by molar-refractivity contribution is 9.10. The van der Waals surface area contributed by atoms with Crippen LogP contribution in [0.1, 0.15) is 25.8 Å². The zero-order chi connectivity index (χ0) is 12.0. The van der Waals surface area contributed by atoms with E-state index in [1.54, 1.807) is 0 Å². The molecule has 90 valence electrons. The van der Waals surface area contributed by atoms with Crippen LogP contribution in [0.5, 0.6) is 0 Å². The van der Waals surface area contributed by atoms with Gasteiger partial charge in [0.25, 0.3) is 0 Å².